The van der Waals surface area contributed by atoms with Crippen molar-refractivity contribution in [2.45, 2.75) is 43.8 Å². The Kier molecular flexibility index (Phi) is 2.65. The van der Waals surface area contributed by atoms with Gasteiger partial charge in [0.2, 0.25) is 0 Å². The average Bonchev–Trinajstić information content (AvgIpc) is 2.52. The molecule has 2 heterocycles. The van der Waals surface area contributed by atoms with Crippen LogP contribution < -0.4 is 0 Å². The lowest BCUT2D eigenvalue weighted by Gasteiger charge is -2.43. The second-order valence-corrected chi connectivity index (χ2v) is 5.24. The van der Waals surface area contributed by atoms with Gasteiger partial charge in [0.15, 0.2) is 0 Å². The molecule has 0 spiro atoms. The first-order chi connectivity index (χ1) is 7.05. The Bertz CT molecular complexity index is 256. The van der Waals surface area contributed by atoms with Crippen LogP contribution in [0.2, 0.25) is 0 Å². The van der Waals surface area contributed by atoms with Crippen molar-refractivity contribution in [1.82, 2.24) is 0 Å². The highest BCUT2D eigenvalue weighted by Gasteiger charge is 2.54. The van der Waals surface area contributed by atoms with Crippen molar-refractivity contribution < 1.29 is 14.9 Å². The Morgan fingerprint density at radius 3 is 2.07 bits per heavy atom. The van der Waals surface area contributed by atoms with Gasteiger partial charge in [-0.2, -0.15) is 0 Å². The maximum atomic E-state index is 9.44. The van der Waals surface area contributed by atoms with Gasteiger partial charge in [0.1, 0.15) is 0 Å². The number of allylic oxidation sites excluding steroid dienone is 1. The number of ether oxygens (including phenoxy) is 1. The van der Waals surface area contributed by atoms with Crippen molar-refractivity contribution in [2.75, 3.05) is 13.2 Å². The summed E-state index contributed by atoms with van der Waals surface area (Å²) in [6.07, 6.45) is 3.41. The zero-order valence-corrected chi connectivity index (χ0v) is 9.33. The van der Waals surface area contributed by atoms with Crippen molar-refractivity contribution in [3.8, 4) is 0 Å². The molecular weight excluding hydrogens is 192 g/mol. The Morgan fingerprint density at radius 1 is 1.27 bits per heavy atom. The molecular formula is C12H20O3. The first-order valence-corrected chi connectivity index (χ1v) is 5.62. The van der Waals surface area contributed by atoms with Crippen LogP contribution in [0.25, 0.3) is 0 Å². The van der Waals surface area contributed by atoms with Gasteiger partial charge in [0, 0.05) is 0 Å². The molecule has 0 radical (unpaired) electrons. The van der Waals surface area contributed by atoms with Crippen LogP contribution in [0.15, 0.2) is 12.2 Å². The third kappa shape index (κ3) is 1.73. The summed E-state index contributed by atoms with van der Waals surface area (Å²) in [7, 11) is 0. The molecule has 2 rings (SSSR count). The summed E-state index contributed by atoms with van der Waals surface area (Å²) < 4.78 is 5.91. The number of aliphatic hydroxyl groups excluding tert-OH is 2. The topological polar surface area (TPSA) is 49.7 Å². The fourth-order valence-electron chi connectivity index (χ4n) is 2.97. The lowest BCUT2D eigenvalue weighted by Crippen LogP contribution is -2.48. The first-order valence-electron chi connectivity index (χ1n) is 5.62. The molecule has 0 amide bonds. The zero-order valence-electron chi connectivity index (χ0n) is 9.33. The summed E-state index contributed by atoms with van der Waals surface area (Å²) in [5.41, 5.74) is 0.311. The molecule has 2 aliphatic heterocycles. The molecule has 2 aliphatic rings. The van der Waals surface area contributed by atoms with Gasteiger partial charge in [-0.15, -0.1) is 0 Å². The summed E-state index contributed by atoms with van der Waals surface area (Å²) in [5.74, 6) is 0.376. The number of rotatable bonds is 3. The molecule has 3 nitrogen and oxygen atoms in total. The molecule has 0 aliphatic carbocycles. The van der Waals surface area contributed by atoms with Gasteiger partial charge in [0.25, 0.3) is 0 Å². The maximum absolute atomic E-state index is 9.44. The number of hydrogen-bond acceptors (Lipinski definition) is 3. The van der Waals surface area contributed by atoms with E-state index < -0.39 is 11.2 Å². The number of hydrogen-bond donors (Lipinski definition) is 2. The van der Waals surface area contributed by atoms with E-state index in [-0.39, 0.29) is 13.2 Å². The van der Waals surface area contributed by atoms with Gasteiger partial charge >= 0.3 is 0 Å². The van der Waals surface area contributed by atoms with Crippen molar-refractivity contribution in [3.63, 3.8) is 0 Å². The molecule has 0 saturated carbocycles. The second kappa shape index (κ2) is 3.58. The van der Waals surface area contributed by atoms with E-state index in [0.29, 0.717) is 5.92 Å². The van der Waals surface area contributed by atoms with Crippen molar-refractivity contribution >= 4 is 0 Å². The van der Waals surface area contributed by atoms with Crippen molar-refractivity contribution in [3.05, 3.63) is 12.2 Å². The number of fused-ring (bicyclic) bond motifs is 2. The van der Waals surface area contributed by atoms with Gasteiger partial charge in [-0.3, -0.25) is 0 Å². The largest absolute Gasteiger partial charge is 0.393 e. The molecule has 3 atom stereocenters. The molecule has 2 N–H and O–H groups in total. The molecule has 0 aromatic carbocycles. The fourth-order valence-corrected chi connectivity index (χ4v) is 2.97. The summed E-state index contributed by atoms with van der Waals surface area (Å²) >= 11 is 0. The highest BCUT2D eigenvalue weighted by atomic mass is 16.6. The standard InChI is InChI=1S/C12H20O3/c1-9(2)10-5-11(7-13)3-4-12(6-10,8-14)15-11/h10,13-14H,1,3-8H2,2H3/t10?,11-,12+. The van der Waals surface area contributed by atoms with Crippen LogP contribution in [0.4, 0.5) is 0 Å². The summed E-state index contributed by atoms with van der Waals surface area (Å²) in [4.78, 5) is 0. The van der Waals surface area contributed by atoms with Gasteiger partial charge in [-0.05, 0) is 38.5 Å². The van der Waals surface area contributed by atoms with E-state index >= 15 is 0 Å². The molecule has 2 fully saturated rings. The maximum Gasteiger partial charge on any atom is 0.0927 e. The number of aliphatic hydroxyl groups is 2. The molecule has 15 heavy (non-hydrogen) atoms. The Morgan fingerprint density at radius 2 is 1.73 bits per heavy atom. The van der Waals surface area contributed by atoms with E-state index in [1.807, 2.05) is 6.92 Å². The van der Waals surface area contributed by atoms with Crippen LogP contribution in [0.1, 0.15) is 32.6 Å². The van der Waals surface area contributed by atoms with Crippen LogP contribution in [0, 0.1) is 5.92 Å². The molecule has 2 saturated heterocycles. The van der Waals surface area contributed by atoms with Crippen LogP contribution in [0.5, 0.6) is 0 Å². The lowest BCUT2D eigenvalue weighted by atomic mass is 9.80. The normalized spacial score (nSPS) is 44.3. The quantitative estimate of drug-likeness (QED) is 0.692. The molecule has 1 unspecified atom stereocenters. The third-order valence-electron chi connectivity index (χ3n) is 3.98. The average molecular weight is 212 g/mol. The Labute approximate surface area is 90.8 Å². The van der Waals surface area contributed by atoms with Crippen molar-refractivity contribution in [1.29, 1.82) is 0 Å². The second-order valence-electron chi connectivity index (χ2n) is 5.24. The molecule has 2 bridgehead atoms. The van der Waals surface area contributed by atoms with E-state index in [0.717, 1.165) is 31.3 Å². The first kappa shape index (κ1) is 11.1. The Balaban J connectivity index is 2.23. The molecule has 3 heteroatoms. The summed E-state index contributed by atoms with van der Waals surface area (Å²) in [5, 5.41) is 18.9. The van der Waals surface area contributed by atoms with Gasteiger partial charge in [-0.1, -0.05) is 12.2 Å². The summed E-state index contributed by atoms with van der Waals surface area (Å²) in [6.45, 7) is 6.12. The third-order valence-corrected chi connectivity index (χ3v) is 3.98. The smallest absolute Gasteiger partial charge is 0.0927 e. The highest BCUT2D eigenvalue weighted by Crippen LogP contribution is 2.51. The monoisotopic (exact) mass is 212 g/mol. The van der Waals surface area contributed by atoms with Gasteiger partial charge in [-0.25, -0.2) is 0 Å². The van der Waals surface area contributed by atoms with Crippen LogP contribution in [-0.2, 0) is 4.74 Å². The SMILES string of the molecule is C=C(C)C1C[C@]2(CO)CC[C@](CO)(C1)O2. The van der Waals surface area contributed by atoms with Crippen LogP contribution in [0.3, 0.4) is 0 Å². The predicted octanol–water partition coefficient (Wildman–Crippen LogP) is 1.25. The minimum Gasteiger partial charge on any atom is -0.393 e. The van der Waals surface area contributed by atoms with E-state index in [2.05, 4.69) is 6.58 Å². The Hall–Kier alpha value is -0.380. The van der Waals surface area contributed by atoms with E-state index in [1.165, 1.54) is 0 Å². The molecule has 0 aromatic heterocycles. The minimum absolute atomic E-state index is 0.0541. The van der Waals surface area contributed by atoms with Gasteiger partial charge < -0.3 is 14.9 Å². The molecule has 86 valence electrons. The lowest BCUT2D eigenvalue weighted by molar-refractivity contribution is -0.182. The summed E-state index contributed by atoms with van der Waals surface area (Å²) in [6, 6.07) is 0. The predicted molar refractivity (Wildman–Crippen MR) is 57.5 cm³/mol. The van der Waals surface area contributed by atoms with Crippen molar-refractivity contribution in [2.24, 2.45) is 5.92 Å². The van der Waals surface area contributed by atoms with Crippen LogP contribution in [-0.4, -0.2) is 34.6 Å². The van der Waals surface area contributed by atoms with Crippen LogP contribution >= 0.6 is 0 Å². The highest BCUT2D eigenvalue weighted by molar-refractivity contribution is 5.11. The van der Waals surface area contributed by atoms with E-state index in [4.69, 9.17) is 4.74 Å². The van der Waals surface area contributed by atoms with E-state index in [1.54, 1.807) is 0 Å². The van der Waals surface area contributed by atoms with E-state index in [9.17, 15) is 10.2 Å². The van der Waals surface area contributed by atoms with Gasteiger partial charge in [0.05, 0.1) is 24.4 Å². The zero-order chi connectivity index (χ0) is 11.1. The minimum atomic E-state index is -0.412. The fraction of sp³-hybridized carbons (Fsp3) is 0.833. The molecule has 0 aromatic rings.